The summed E-state index contributed by atoms with van der Waals surface area (Å²) in [5.41, 5.74) is 2.98. The van der Waals surface area contributed by atoms with E-state index in [0.29, 0.717) is 0 Å². The maximum Gasteiger partial charge on any atom is 0.143 e. The standard InChI is InChI=1S/C20H23N3O/c1-3-23-15-18(24-20-11-7-6-10-19(20)23)14-22(2)13-17-9-5-4-8-16(17)12-21/h4-11,18H,3,13-15H2,1-2H3. The Hall–Kier alpha value is -2.51. The molecule has 4 heteroatoms. The molecule has 0 saturated heterocycles. The molecule has 24 heavy (non-hydrogen) atoms. The fourth-order valence-electron chi connectivity index (χ4n) is 3.24. The van der Waals surface area contributed by atoms with Gasteiger partial charge in [-0.15, -0.1) is 0 Å². The molecular weight excluding hydrogens is 298 g/mol. The van der Waals surface area contributed by atoms with E-state index in [4.69, 9.17) is 4.74 Å². The molecule has 1 heterocycles. The van der Waals surface area contributed by atoms with Crippen LogP contribution in [0, 0.1) is 11.3 Å². The minimum Gasteiger partial charge on any atom is -0.485 e. The van der Waals surface area contributed by atoms with E-state index in [1.807, 2.05) is 36.4 Å². The molecule has 0 bridgehead atoms. The highest BCUT2D eigenvalue weighted by Crippen LogP contribution is 2.32. The Kier molecular flexibility index (Phi) is 5.02. The van der Waals surface area contributed by atoms with Gasteiger partial charge in [0.15, 0.2) is 0 Å². The highest BCUT2D eigenvalue weighted by atomic mass is 16.5. The smallest absolute Gasteiger partial charge is 0.143 e. The second kappa shape index (κ2) is 7.37. The Balaban J connectivity index is 1.67. The molecule has 0 amide bonds. The van der Waals surface area contributed by atoms with Crippen molar-refractivity contribution in [1.29, 1.82) is 5.26 Å². The van der Waals surface area contributed by atoms with E-state index in [1.54, 1.807) is 0 Å². The van der Waals surface area contributed by atoms with Gasteiger partial charge in [-0.2, -0.15) is 5.26 Å². The van der Waals surface area contributed by atoms with Gasteiger partial charge in [-0.05, 0) is 37.7 Å². The van der Waals surface area contributed by atoms with Crippen LogP contribution in [0.3, 0.4) is 0 Å². The summed E-state index contributed by atoms with van der Waals surface area (Å²) in [6, 6.07) is 18.3. The highest BCUT2D eigenvalue weighted by Gasteiger charge is 2.25. The molecule has 0 saturated carbocycles. The molecule has 0 aromatic heterocycles. The number of ether oxygens (including phenoxy) is 1. The fourth-order valence-corrected chi connectivity index (χ4v) is 3.24. The van der Waals surface area contributed by atoms with Crippen molar-refractivity contribution in [2.45, 2.75) is 19.6 Å². The summed E-state index contributed by atoms with van der Waals surface area (Å²) in [6.45, 7) is 5.60. The van der Waals surface area contributed by atoms with Gasteiger partial charge in [0.2, 0.25) is 0 Å². The Bertz CT molecular complexity index is 738. The first-order valence-electron chi connectivity index (χ1n) is 8.38. The third-order valence-electron chi connectivity index (χ3n) is 4.40. The van der Waals surface area contributed by atoms with Crippen LogP contribution in [0.5, 0.6) is 5.75 Å². The molecule has 1 aliphatic heterocycles. The molecule has 1 unspecified atom stereocenters. The molecule has 0 fully saturated rings. The first-order valence-corrected chi connectivity index (χ1v) is 8.38. The SMILES string of the molecule is CCN1CC(CN(C)Cc2ccccc2C#N)Oc2ccccc21. The maximum absolute atomic E-state index is 9.23. The topological polar surface area (TPSA) is 39.5 Å². The van der Waals surface area contributed by atoms with Crippen LogP contribution in [0.4, 0.5) is 5.69 Å². The zero-order chi connectivity index (χ0) is 16.9. The number of benzene rings is 2. The number of anilines is 1. The lowest BCUT2D eigenvalue weighted by atomic mass is 10.1. The summed E-state index contributed by atoms with van der Waals surface area (Å²) >= 11 is 0. The van der Waals surface area contributed by atoms with E-state index in [9.17, 15) is 5.26 Å². The monoisotopic (exact) mass is 321 g/mol. The van der Waals surface area contributed by atoms with E-state index >= 15 is 0 Å². The molecule has 2 aromatic rings. The van der Waals surface area contributed by atoms with Crippen molar-refractivity contribution in [1.82, 2.24) is 4.90 Å². The fraction of sp³-hybridized carbons (Fsp3) is 0.350. The van der Waals surface area contributed by atoms with Crippen molar-refractivity contribution in [2.75, 3.05) is 31.6 Å². The van der Waals surface area contributed by atoms with Crippen molar-refractivity contribution in [2.24, 2.45) is 0 Å². The van der Waals surface area contributed by atoms with Gasteiger partial charge in [0.1, 0.15) is 11.9 Å². The van der Waals surface area contributed by atoms with E-state index < -0.39 is 0 Å². The van der Waals surface area contributed by atoms with Crippen LogP contribution >= 0.6 is 0 Å². The van der Waals surface area contributed by atoms with Crippen molar-refractivity contribution in [3.8, 4) is 11.8 Å². The van der Waals surface area contributed by atoms with E-state index in [2.05, 4.69) is 42.0 Å². The van der Waals surface area contributed by atoms with Crippen LogP contribution in [-0.4, -0.2) is 37.7 Å². The van der Waals surface area contributed by atoms with Crippen LogP contribution in [0.25, 0.3) is 0 Å². The minimum absolute atomic E-state index is 0.124. The van der Waals surface area contributed by atoms with Crippen molar-refractivity contribution < 1.29 is 4.74 Å². The number of fused-ring (bicyclic) bond motifs is 1. The van der Waals surface area contributed by atoms with Gasteiger partial charge in [0.05, 0.1) is 23.9 Å². The number of hydrogen-bond donors (Lipinski definition) is 0. The predicted molar refractivity (Wildman–Crippen MR) is 96.2 cm³/mol. The van der Waals surface area contributed by atoms with Crippen LogP contribution in [0.15, 0.2) is 48.5 Å². The number of para-hydroxylation sites is 2. The Labute approximate surface area is 143 Å². The summed E-state index contributed by atoms with van der Waals surface area (Å²) < 4.78 is 6.18. The van der Waals surface area contributed by atoms with Gasteiger partial charge in [-0.1, -0.05) is 30.3 Å². The number of hydrogen-bond acceptors (Lipinski definition) is 4. The first-order chi connectivity index (χ1) is 11.7. The van der Waals surface area contributed by atoms with Gasteiger partial charge >= 0.3 is 0 Å². The van der Waals surface area contributed by atoms with Crippen molar-refractivity contribution in [3.05, 3.63) is 59.7 Å². The van der Waals surface area contributed by atoms with Crippen LogP contribution < -0.4 is 9.64 Å². The third kappa shape index (κ3) is 3.52. The molecule has 1 aliphatic rings. The Morgan fingerprint density at radius 1 is 1.21 bits per heavy atom. The quantitative estimate of drug-likeness (QED) is 0.847. The highest BCUT2D eigenvalue weighted by molar-refractivity contribution is 5.60. The number of nitriles is 1. The van der Waals surface area contributed by atoms with Crippen molar-refractivity contribution in [3.63, 3.8) is 0 Å². The molecule has 2 aromatic carbocycles. The average Bonchev–Trinajstić information content (AvgIpc) is 2.61. The van der Waals surface area contributed by atoms with Crippen molar-refractivity contribution >= 4 is 5.69 Å². The number of likely N-dealkylation sites (N-methyl/N-ethyl adjacent to an activating group) is 2. The molecule has 0 aliphatic carbocycles. The molecule has 4 nitrogen and oxygen atoms in total. The lowest BCUT2D eigenvalue weighted by molar-refractivity contribution is 0.140. The molecule has 0 spiro atoms. The van der Waals surface area contributed by atoms with E-state index in [1.165, 1.54) is 5.69 Å². The third-order valence-corrected chi connectivity index (χ3v) is 4.40. The van der Waals surface area contributed by atoms with E-state index in [0.717, 1.165) is 43.1 Å². The maximum atomic E-state index is 9.23. The normalized spacial score (nSPS) is 16.4. The number of nitrogens with zero attached hydrogens (tertiary/aromatic N) is 3. The van der Waals surface area contributed by atoms with Crippen LogP contribution in [0.1, 0.15) is 18.1 Å². The molecular formula is C20H23N3O. The molecule has 0 radical (unpaired) electrons. The molecule has 0 N–H and O–H groups in total. The minimum atomic E-state index is 0.124. The van der Waals surface area contributed by atoms with Crippen LogP contribution in [-0.2, 0) is 6.54 Å². The van der Waals surface area contributed by atoms with E-state index in [-0.39, 0.29) is 6.10 Å². The van der Waals surface area contributed by atoms with Gasteiger partial charge in [-0.3, -0.25) is 4.90 Å². The second-order valence-electron chi connectivity index (χ2n) is 6.21. The number of rotatable bonds is 5. The Morgan fingerprint density at radius 3 is 2.75 bits per heavy atom. The molecule has 1 atom stereocenters. The largest absolute Gasteiger partial charge is 0.485 e. The summed E-state index contributed by atoms with van der Waals surface area (Å²) in [5, 5.41) is 9.23. The Morgan fingerprint density at radius 2 is 1.96 bits per heavy atom. The van der Waals surface area contributed by atoms with Gasteiger partial charge in [0.25, 0.3) is 0 Å². The summed E-state index contributed by atoms with van der Waals surface area (Å²) in [6.07, 6.45) is 0.124. The molecule has 3 rings (SSSR count). The second-order valence-corrected chi connectivity index (χ2v) is 6.21. The van der Waals surface area contributed by atoms with Gasteiger partial charge in [0, 0.05) is 19.6 Å². The zero-order valence-corrected chi connectivity index (χ0v) is 14.3. The van der Waals surface area contributed by atoms with Gasteiger partial charge in [-0.25, -0.2) is 0 Å². The predicted octanol–water partition coefficient (Wildman–Crippen LogP) is 3.28. The molecule has 124 valence electrons. The average molecular weight is 321 g/mol. The van der Waals surface area contributed by atoms with Gasteiger partial charge < -0.3 is 9.64 Å². The first kappa shape index (κ1) is 16.4. The lowest BCUT2D eigenvalue weighted by Gasteiger charge is -2.37. The van der Waals surface area contributed by atoms with Crippen LogP contribution in [0.2, 0.25) is 0 Å². The summed E-state index contributed by atoms with van der Waals surface area (Å²) in [4.78, 5) is 4.59. The summed E-state index contributed by atoms with van der Waals surface area (Å²) in [5.74, 6) is 0.960. The lowest BCUT2D eigenvalue weighted by Crippen LogP contribution is -2.45. The summed E-state index contributed by atoms with van der Waals surface area (Å²) in [7, 11) is 2.08. The zero-order valence-electron chi connectivity index (χ0n) is 14.3.